The number of nitrogens with two attached hydrogens (primary N) is 1. The van der Waals surface area contributed by atoms with E-state index in [0.717, 1.165) is 5.56 Å². The van der Waals surface area contributed by atoms with E-state index in [0.29, 0.717) is 5.75 Å². The lowest BCUT2D eigenvalue weighted by atomic mass is 10.1. The van der Waals surface area contributed by atoms with E-state index in [-0.39, 0.29) is 10.7 Å². The van der Waals surface area contributed by atoms with E-state index in [1.54, 1.807) is 12.1 Å². The zero-order chi connectivity index (χ0) is 10.6. The largest absolute Gasteiger partial charge is 0.478 e. The van der Waals surface area contributed by atoms with Crippen LogP contribution >= 0.6 is 11.8 Å². The second-order valence-electron chi connectivity index (χ2n) is 2.66. The van der Waals surface area contributed by atoms with E-state index in [4.69, 9.17) is 16.2 Å². The van der Waals surface area contributed by atoms with Gasteiger partial charge >= 0.3 is 5.97 Å². The van der Waals surface area contributed by atoms with E-state index < -0.39 is 5.97 Å². The highest BCUT2D eigenvalue weighted by molar-refractivity contribution is 8.13. The van der Waals surface area contributed by atoms with Crippen LogP contribution in [0.5, 0.6) is 0 Å². The van der Waals surface area contributed by atoms with Crippen LogP contribution in [0.3, 0.4) is 0 Å². The predicted molar refractivity (Wildman–Crippen MR) is 56.6 cm³/mol. The monoisotopic (exact) mass is 210 g/mol. The van der Waals surface area contributed by atoms with Crippen LogP contribution < -0.4 is 5.73 Å². The molecule has 0 heterocycles. The number of aromatic carboxylic acids is 1. The molecule has 0 aliphatic rings. The SMILES string of the molecule is N=C(N)SCc1cccc(C(=O)O)c1. The summed E-state index contributed by atoms with van der Waals surface area (Å²) in [6, 6.07) is 6.60. The third-order valence-corrected chi connectivity index (χ3v) is 2.36. The molecule has 0 aliphatic carbocycles. The molecule has 1 aromatic carbocycles. The summed E-state index contributed by atoms with van der Waals surface area (Å²) in [6.07, 6.45) is 0. The molecule has 0 aliphatic heterocycles. The summed E-state index contributed by atoms with van der Waals surface area (Å²) in [6.45, 7) is 0. The van der Waals surface area contributed by atoms with Gasteiger partial charge in [-0.1, -0.05) is 23.9 Å². The van der Waals surface area contributed by atoms with Crippen LogP contribution in [0.15, 0.2) is 24.3 Å². The van der Waals surface area contributed by atoms with Gasteiger partial charge < -0.3 is 10.8 Å². The van der Waals surface area contributed by atoms with Gasteiger partial charge in [0.15, 0.2) is 5.17 Å². The van der Waals surface area contributed by atoms with Crippen LogP contribution in [0, 0.1) is 5.41 Å². The number of amidine groups is 1. The molecule has 14 heavy (non-hydrogen) atoms. The second kappa shape index (κ2) is 4.66. The maximum absolute atomic E-state index is 10.6. The van der Waals surface area contributed by atoms with Gasteiger partial charge in [0.1, 0.15) is 0 Å². The van der Waals surface area contributed by atoms with Crippen LogP contribution in [0.25, 0.3) is 0 Å². The minimum Gasteiger partial charge on any atom is -0.478 e. The molecule has 4 nitrogen and oxygen atoms in total. The van der Waals surface area contributed by atoms with Crippen LogP contribution in [0.2, 0.25) is 0 Å². The molecule has 0 saturated heterocycles. The fraction of sp³-hybridized carbons (Fsp3) is 0.111. The van der Waals surface area contributed by atoms with Crippen molar-refractivity contribution >= 4 is 22.9 Å². The van der Waals surface area contributed by atoms with Crippen LogP contribution in [-0.2, 0) is 5.75 Å². The first kappa shape index (κ1) is 10.6. The van der Waals surface area contributed by atoms with E-state index in [1.165, 1.54) is 17.8 Å². The van der Waals surface area contributed by atoms with Crippen molar-refractivity contribution in [2.75, 3.05) is 0 Å². The standard InChI is InChI=1S/C9H10N2O2S/c10-9(11)14-5-6-2-1-3-7(4-6)8(12)13/h1-4H,5H2,(H3,10,11)(H,12,13). The highest BCUT2D eigenvalue weighted by atomic mass is 32.2. The van der Waals surface area contributed by atoms with Crippen molar-refractivity contribution in [3.8, 4) is 0 Å². The van der Waals surface area contributed by atoms with Gasteiger partial charge in [-0.25, -0.2) is 4.79 Å². The molecule has 0 fully saturated rings. The molecule has 0 unspecified atom stereocenters. The highest BCUT2D eigenvalue weighted by Gasteiger charge is 2.03. The van der Waals surface area contributed by atoms with Crippen molar-refractivity contribution in [3.63, 3.8) is 0 Å². The van der Waals surface area contributed by atoms with Crippen molar-refractivity contribution in [3.05, 3.63) is 35.4 Å². The van der Waals surface area contributed by atoms with E-state index in [2.05, 4.69) is 0 Å². The summed E-state index contributed by atoms with van der Waals surface area (Å²) in [5.74, 6) is -0.420. The first-order valence-corrected chi connectivity index (χ1v) is 4.87. The molecule has 0 aromatic heterocycles. The molecule has 0 atom stereocenters. The van der Waals surface area contributed by atoms with Crippen LogP contribution in [0.1, 0.15) is 15.9 Å². The quantitative estimate of drug-likeness (QED) is 0.521. The lowest BCUT2D eigenvalue weighted by Crippen LogP contribution is -2.04. The molecule has 0 amide bonds. The number of carboxylic acid groups (broad SMARTS) is 1. The summed E-state index contributed by atoms with van der Waals surface area (Å²) in [5.41, 5.74) is 6.28. The molecule has 1 aromatic rings. The van der Waals surface area contributed by atoms with E-state index in [9.17, 15) is 4.79 Å². The Kier molecular flexibility index (Phi) is 3.53. The Morgan fingerprint density at radius 1 is 1.57 bits per heavy atom. The van der Waals surface area contributed by atoms with E-state index in [1.807, 2.05) is 6.07 Å². The minimum atomic E-state index is -0.945. The molecule has 1 rings (SSSR count). The van der Waals surface area contributed by atoms with Crippen molar-refractivity contribution in [2.24, 2.45) is 5.73 Å². The fourth-order valence-corrected chi connectivity index (χ4v) is 1.46. The molecular weight excluding hydrogens is 200 g/mol. The molecular formula is C9H10N2O2S. The third-order valence-electron chi connectivity index (χ3n) is 1.57. The van der Waals surface area contributed by atoms with Crippen molar-refractivity contribution < 1.29 is 9.90 Å². The van der Waals surface area contributed by atoms with Gasteiger partial charge in [-0.05, 0) is 17.7 Å². The zero-order valence-electron chi connectivity index (χ0n) is 7.36. The molecule has 0 bridgehead atoms. The predicted octanol–water partition coefficient (Wildman–Crippen LogP) is 1.51. The normalized spacial score (nSPS) is 9.71. The number of hydrogen-bond donors (Lipinski definition) is 3. The van der Waals surface area contributed by atoms with Crippen molar-refractivity contribution in [1.29, 1.82) is 5.41 Å². The Hall–Kier alpha value is -1.49. The molecule has 0 saturated carbocycles. The number of benzene rings is 1. The average molecular weight is 210 g/mol. The Labute approximate surface area is 85.6 Å². The molecule has 5 heteroatoms. The van der Waals surface area contributed by atoms with Gasteiger partial charge in [0.05, 0.1) is 5.56 Å². The number of carboxylic acids is 1. The number of carbonyl (C=O) groups is 1. The van der Waals surface area contributed by atoms with Gasteiger partial charge in [0.25, 0.3) is 0 Å². The van der Waals surface area contributed by atoms with Crippen molar-refractivity contribution in [2.45, 2.75) is 5.75 Å². The maximum atomic E-state index is 10.6. The van der Waals surface area contributed by atoms with Gasteiger partial charge in [-0.2, -0.15) is 0 Å². The lowest BCUT2D eigenvalue weighted by molar-refractivity contribution is 0.0697. The van der Waals surface area contributed by atoms with Gasteiger partial charge in [-0.15, -0.1) is 0 Å². The second-order valence-corrected chi connectivity index (χ2v) is 3.68. The summed E-state index contributed by atoms with van der Waals surface area (Å²) in [5, 5.41) is 15.8. The number of hydrogen-bond acceptors (Lipinski definition) is 3. The van der Waals surface area contributed by atoms with Gasteiger partial charge in [0, 0.05) is 5.75 Å². The first-order chi connectivity index (χ1) is 6.59. The molecule has 74 valence electrons. The topological polar surface area (TPSA) is 87.2 Å². The summed E-state index contributed by atoms with van der Waals surface area (Å²) in [7, 11) is 0. The van der Waals surface area contributed by atoms with Crippen LogP contribution in [-0.4, -0.2) is 16.2 Å². The number of rotatable bonds is 3. The minimum absolute atomic E-state index is 0.0331. The molecule has 0 spiro atoms. The van der Waals surface area contributed by atoms with Gasteiger partial charge in [0.2, 0.25) is 0 Å². The van der Waals surface area contributed by atoms with Crippen LogP contribution in [0.4, 0.5) is 0 Å². The zero-order valence-corrected chi connectivity index (χ0v) is 8.17. The average Bonchev–Trinajstić information content (AvgIpc) is 2.15. The highest BCUT2D eigenvalue weighted by Crippen LogP contribution is 2.13. The van der Waals surface area contributed by atoms with E-state index >= 15 is 0 Å². The van der Waals surface area contributed by atoms with Crippen molar-refractivity contribution in [1.82, 2.24) is 0 Å². The molecule has 0 radical (unpaired) electrons. The Balaban J connectivity index is 2.73. The summed E-state index contributed by atoms with van der Waals surface area (Å²) in [4.78, 5) is 10.6. The number of nitrogens with one attached hydrogen (secondary N) is 1. The smallest absolute Gasteiger partial charge is 0.335 e. The Morgan fingerprint density at radius 2 is 2.29 bits per heavy atom. The molecule has 4 N–H and O–H groups in total. The van der Waals surface area contributed by atoms with Gasteiger partial charge in [-0.3, -0.25) is 5.41 Å². The first-order valence-electron chi connectivity index (χ1n) is 3.88. The summed E-state index contributed by atoms with van der Waals surface area (Å²) >= 11 is 1.17. The fourth-order valence-electron chi connectivity index (χ4n) is 0.955. The lowest BCUT2D eigenvalue weighted by Gasteiger charge is -2.01. The Morgan fingerprint density at radius 3 is 2.86 bits per heavy atom. The number of thioether (sulfide) groups is 1. The Bertz CT molecular complexity index is 366. The third kappa shape index (κ3) is 3.10. The maximum Gasteiger partial charge on any atom is 0.335 e. The summed E-state index contributed by atoms with van der Waals surface area (Å²) < 4.78 is 0.